The quantitative estimate of drug-likeness (QED) is 0.386. The molecule has 0 saturated heterocycles. The third-order valence-electron chi connectivity index (χ3n) is 4.84. The van der Waals surface area contributed by atoms with Crippen LogP contribution in [0.3, 0.4) is 0 Å². The number of nitrogens with one attached hydrogen (secondary N) is 1. The number of rotatable bonds is 8. The normalized spacial score (nSPS) is 11.0. The number of nitrogens with zero attached hydrogens (tertiary/aromatic N) is 4. The van der Waals surface area contributed by atoms with Crippen LogP contribution in [0.5, 0.6) is 0 Å². The fourth-order valence-corrected chi connectivity index (χ4v) is 3.95. The number of aryl methyl sites for hydroxylation is 2. The van der Waals surface area contributed by atoms with Crippen LogP contribution in [-0.2, 0) is 35.0 Å². The van der Waals surface area contributed by atoms with Crippen molar-refractivity contribution < 1.29 is 14.3 Å². The van der Waals surface area contributed by atoms with Crippen LogP contribution in [0.1, 0.15) is 18.1 Å². The Morgan fingerprint density at radius 1 is 1.12 bits per heavy atom. The maximum absolute atomic E-state index is 12.9. The van der Waals surface area contributed by atoms with Crippen molar-refractivity contribution in [2.45, 2.75) is 25.5 Å². The van der Waals surface area contributed by atoms with E-state index in [2.05, 4.69) is 10.3 Å². The highest BCUT2D eigenvalue weighted by Gasteiger charge is 2.20. The van der Waals surface area contributed by atoms with Gasteiger partial charge in [0.2, 0.25) is 5.91 Å². The van der Waals surface area contributed by atoms with Gasteiger partial charge in [-0.15, -0.1) is 0 Å². The van der Waals surface area contributed by atoms with Crippen molar-refractivity contribution in [2.75, 3.05) is 18.9 Å². The van der Waals surface area contributed by atoms with Crippen LogP contribution in [0.25, 0.3) is 11.2 Å². The van der Waals surface area contributed by atoms with Crippen molar-refractivity contribution in [1.29, 1.82) is 0 Å². The first-order chi connectivity index (χ1) is 15.2. The summed E-state index contributed by atoms with van der Waals surface area (Å²) in [6.45, 7) is 4.03. The Balaban J connectivity index is 1.95. The molecule has 1 aromatic carbocycles. The number of amides is 1. The molecule has 0 saturated carbocycles. The summed E-state index contributed by atoms with van der Waals surface area (Å²) in [5.74, 6) is -0.917. The number of ether oxygens (including phenoxy) is 1. The monoisotopic (exact) mass is 459 g/mol. The number of benzene rings is 1. The molecular weight excluding hydrogens is 434 g/mol. The standard InChI is InChI=1S/C21H25N5O5S/c1-5-31-16(28)10-22-15(27)12-32-20-23-18-17(19(29)25(4)21(30)24(18)3)26(20)11-14-8-6-13(2)7-9-14/h6-9H,5,10-12H2,1-4H3,(H,22,27). The van der Waals surface area contributed by atoms with Gasteiger partial charge in [0, 0.05) is 14.1 Å². The van der Waals surface area contributed by atoms with Gasteiger partial charge in [0.25, 0.3) is 5.56 Å². The van der Waals surface area contributed by atoms with E-state index in [1.807, 2.05) is 31.2 Å². The minimum absolute atomic E-state index is 0.0229. The zero-order chi connectivity index (χ0) is 23.4. The van der Waals surface area contributed by atoms with Crippen molar-refractivity contribution in [2.24, 2.45) is 14.1 Å². The van der Waals surface area contributed by atoms with E-state index in [0.717, 1.165) is 27.5 Å². The van der Waals surface area contributed by atoms with E-state index >= 15 is 0 Å². The van der Waals surface area contributed by atoms with Crippen molar-refractivity contribution in [3.05, 3.63) is 56.2 Å². The molecular formula is C21H25N5O5S. The van der Waals surface area contributed by atoms with Gasteiger partial charge < -0.3 is 14.6 Å². The van der Waals surface area contributed by atoms with Crippen LogP contribution in [0, 0.1) is 6.92 Å². The highest BCUT2D eigenvalue weighted by Crippen LogP contribution is 2.23. The molecule has 0 bridgehead atoms. The first-order valence-electron chi connectivity index (χ1n) is 9.99. The molecule has 0 aliphatic heterocycles. The van der Waals surface area contributed by atoms with Gasteiger partial charge in [0.05, 0.1) is 18.9 Å². The topological polar surface area (TPSA) is 117 Å². The summed E-state index contributed by atoms with van der Waals surface area (Å²) in [5.41, 5.74) is 1.65. The summed E-state index contributed by atoms with van der Waals surface area (Å²) < 4.78 is 8.86. The van der Waals surface area contributed by atoms with Gasteiger partial charge in [0.15, 0.2) is 16.3 Å². The average Bonchev–Trinajstić information content (AvgIpc) is 3.13. The highest BCUT2D eigenvalue weighted by molar-refractivity contribution is 7.99. The maximum atomic E-state index is 12.9. The van der Waals surface area contributed by atoms with Crippen molar-refractivity contribution in [3.63, 3.8) is 0 Å². The van der Waals surface area contributed by atoms with Crippen LogP contribution in [0.4, 0.5) is 0 Å². The van der Waals surface area contributed by atoms with Crippen LogP contribution < -0.4 is 16.6 Å². The SMILES string of the molecule is CCOC(=O)CNC(=O)CSc1nc2c(c(=O)n(C)c(=O)n2C)n1Cc1ccc(C)cc1. The Labute approximate surface area is 188 Å². The number of aromatic nitrogens is 4. The van der Waals surface area contributed by atoms with Crippen molar-refractivity contribution in [3.8, 4) is 0 Å². The molecule has 0 radical (unpaired) electrons. The van der Waals surface area contributed by atoms with Gasteiger partial charge >= 0.3 is 11.7 Å². The molecule has 2 aromatic heterocycles. The lowest BCUT2D eigenvalue weighted by Gasteiger charge is -2.10. The van der Waals surface area contributed by atoms with Gasteiger partial charge in [-0.25, -0.2) is 9.78 Å². The van der Waals surface area contributed by atoms with Crippen LogP contribution in [0.15, 0.2) is 39.0 Å². The fraction of sp³-hybridized carbons (Fsp3) is 0.381. The molecule has 1 N–H and O–H groups in total. The summed E-state index contributed by atoms with van der Waals surface area (Å²) in [4.78, 5) is 53.4. The molecule has 0 unspecified atom stereocenters. The highest BCUT2D eigenvalue weighted by atomic mass is 32.2. The minimum Gasteiger partial charge on any atom is -0.465 e. The van der Waals surface area contributed by atoms with Gasteiger partial charge in [-0.1, -0.05) is 41.6 Å². The number of hydrogen-bond acceptors (Lipinski definition) is 7. The molecule has 11 heteroatoms. The van der Waals surface area contributed by atoms with Gasteiger partial charge in [-0.05, 0) is 19.4 Å². The van der Waals surface area contributed by atoms with E-state index in [4.69, 9.17) is 4.74 Å². The molecule has 10 nitrogen and oxygen atoms in total. The number of fused-ring (bicyclic) bond motifs is 1. The lowest BCUT2D eigenvalue weighted by atomic mass is 10.1. The Bertz CT molecular complexity index is 1270. The number of imidazole rings is 1. The van der Waals surface area contributed by atoms with E-state index in [9.17, 15) is 19.2 Å². The lowest BCUT2D eigenvalue weighted by molar-refractivity contribution is -0.143. The number of thioether (sulfide) groups is 1. The Morgan fingerprint density at radius 3 is 2.47 bits per heavy atom. The third-order valence-corrected chi connectivity index (χ3v) is 5.82. The van der Waals surface area contributed by atoms with E-state index < -0.39 is 17.2 Å². The second kappa shape index (κ2) is 9.86. The van der Waals surface area contributed by atoms with Gasteiger partial charge in [0.1, 0.15) is 6.54 Å². The lowest BCUT2D eigenvalue weighted by Crippen LogP contribution is -2.37. The molecule has 2 heterocycles. The molecule has 3 rings (SSSR count). The number of carbonyl (C=O) groups is 2. The molecule has 0 aliphatic carbocycles. The van der Waals surface area contributed by atoms with Gasteiger partial charge in [-0.2, -0.15) is 0 Å². The molecule has 3 aromatic rings. The Kier molecular flexibility index (Phi) is 7.18. The van der Waals surface area contributed by atoms with Crippen molar-refractivity contribution in [1.82, 2.24) is 24.0 Å². The van der Waals surface area contributed by atoms with Crippen LogP contribution >= 0.6 is 11.8 Å². The molecule has 1 amide bonds. The molecule has 0 spiro atoms. The van der Waals surface area contributed by atoms with Crippen molar-refractivity contribution >= 4 is 34.8 Å². The first-order valence-corrected chi connectivity index (χ1v) is 11.0. The zero-order valence-corrected chi connectivity index (χ0v) is 19.2. The zero-order valence-electron chi connectivity index (χ0n) is 18.4. The van der Waals surface area contributed by atoms with Crippen LogP contribution in [0.2, 0.25) is 0 Å². The summed E-state index contributed by atoms with van der Waals surface area (Å²) in [6.07, 6.45) is 0. The predicted octanol–water partition coefficient (Wildman–Crippen LogP) is 0.562. The molecule has 32 heavy (non-hydrogen) atoms. The van der Waals surface area contributed by atoms with Crippen LogP contribution in [-0.4, -0.2) is 49.5 Å². The summed E-state index contributed by atoms with van der Waals surface area (Å²) in [7, 11) is 2.97. The third kappa shape index (κ3) is 4.93. The molecule has 0 aliphatic rings. The van der Waals surface area contributed by atoms with Gasteiger partial charge in [-0.3, -0.25) is 23.5 Å². The number of hydrogen-bond donors (Lipinski definition) is 1. The summed E-state index contributed by atoms with van der Waals surface area (Å²) >= 11 is 1.12. The number of carbonyl (C=O) groups excluding carboxylic acids is 2. The summed E-state index contributed by atoms with van der Waals surface area (Å²) in [5, 5.41) is 2.92. The second-order valence-corrected chi connectivity index (χ2v) is 8.16. The number of esters is 1. The second-order valence-electron chi connectivity index (χ2n) is 7.21. The summed E-state index contributed by atoms with van der Waals surface area (Å²) in [6, 6.07) is 7.85. The van der Waals surface area contributed by atoms with E-state index in [1.165, 1.54) is 11.6 Å². The largest absolute Gasteiger partial charge is 0.465 e. The maximum Gasteiger partial charge on any atom is 0.332 e. The Morgan fingerprint density at radius 2 is 1.81 bits per heavy atom. The minimum atomic E-state index is -0.518. The smallest absolute Gasteiger partial charge is 0.332 e. The molecule has 0 atom stereocenters. The average molecular weight is 460 g/mol. The molecule has 170 valence electrons. The first kappa shape index (κ1) is 23.3. The predicted molar refractivity (Wildman–Crippen MR) is 121 cm³/mol. The van der Waals surface area contributed by atoms with E-state index in [0.29, 0.717) is 11.7 Å². The van der Waals surface area contributed by atoms with E-state index in [1.54, 1.807) is 18.5 Å². The Hall–Kier alpha value is -3.34. The fourth-order valence-electron chi connectivity index (χ4n) is 3.12. The van der Waals surface area contributed by atoms with E-state index in [-0.39, 0.29) is 36.0 Å². The molecule has 0 fully saturated rings.